The van der Waals surface area contributed by atoms with E-state index in [0.717, 1.165) is 37.5 Å². The van der Waals surface area contributed by atoms with Crippen molar-refractivity contribution in [2.75, 3.05) is 13.1 Å². The normalized spacial score (nSPS) is 28.7. The number of hydrogen-bond donors (Lipinski definition) is 1. The summed E-state index contributed by atoms with van der Waals surface area (Å²) >= 11 is 0. The van der Waals surface area contributed by atoms with E-state index >= 15 is 0 Å². The van der Waals surface area contributed by atoms with Crippen LogP contribution in [0.1, 0.15) is 44.1 Å². The first-order valence-corrected chi connectivity index (χ1v) is 8.39. The van der Waals surface area contributed by atoms with Crippen LogP contribution < -0.4 is 0 Å². The molecule has 1 aromatic carbocycles. The first kappa shape index (κ1) is 15.0. The molecule has 2 fully saturated rings. The second-order valence-corrected chi connectivity index (χ2v) is 6.73. The van der Waals surface area contributed by atoms with E-state index in [2.05, 4.69) is 4.90 Å². The summed E-state index contributed by atoms with van der Waals surface area (Å²) in [5.41, 5.74) is 1.13. The lowest BCUT2D eigenvalue weighted by Gasteiger charge is -2.42. The average Bonchev–Trinajstić information content (AvgIpc) is 2.52. The summed E-state index contributed by atoms with van der Waals surface area (Å²) in [5.74, 6) is 0.0953. The molecule has 2 atom stereocenters. The highest BCUT2D eigenvalue weighted by atomic mass is 19.1. The number of benzene rings is 1. The standard InChI is InChI=1S/C18H26FNO/c19-16-8-6-14(7-9-16)12-15-13-20(11-10-18(15)21)17-4-2-1-3-5-17/h6-9,15,17-18,21H,1-5,10-13H2/t15-,18+/m1/s1. The lowest BCUT2D eigenvalue weighted by Crippen LogP contribution is -2.49. The van der Waals surface area contributed by atoms with Crippen LogP contribution in [0, 0.1) is 11.7 Å². The third kappa shape index (κ3) is 3.83. The van der Waals surface area contributed by atoms with Crippen molar-refractivity contribution in [3.8, 4) is 0 Å². The van der Waals surface area contributed by atoms with Crippen LogP contribution in [-0.4, -0.2) is 35.2 Å². The van der Waals surface area contributed by atoms with Gasteiger partial charge in [0.15, 0.2) is 0 Å². The van der Waals surface area contributed by atoms with Crippen molar-refractivity contribution in [1.29, 1.82) is 0 Å². The zero-order valence-electron chi connectivity index (χ0n) is 12.7. The van der Waals surface area contributed by atoms with E-state index in [9.17, 15) is 9.50 Å². The fourth-order valence-electron chi connectivity index (χ4n) is 3.95. The zero-order chi connectivity index (χ0) is 14.7. The molecule has 1 N–H and O–H groups in total. The highest BCUT2D eigenvalue weighted by molar-refractivity contribution is 5.17. The molecule has 1 aliphatic heterocycles. The van der Waals surface area contributed by atoms with Gasteiger partial charge < -0.3 is 5.11 Å². The third-order valence-electron chi connectivity index (χ3n) is 5.23. The van der Waals surface area contributed by atoms with Crippen LogP contribution >= 0.6 is 0 Å². The Balaban J connectivity index is 1.61. The number of piperidine rings is 1. The van der Waals surface area contributed by atoms with E-state index in [1.54, 1.807) is 0 Å². The maximum absolute atomic E-state index is 13.0. The molecular weight excluding hydrogens is 265 g/mol. The van der Waals surface area contributed by atoms with Gasteiger partial charge >= 0.3 is 0 Å². The second kappa shape index (κ2) is 6.89. The minimum Gasteiger partial charge on any atom is -0.393 e. The molecule has 0 bridgehead atoms. The molecule has 1 saturated heterocycles. The van der Waals surface area contributed by atoms with Gasteiger partial charge in [0.1, 0.15) is 5.82 Å². The van der Waals surface area contributed by atoms with Crippen molar-refractivity contribution in [3.05, 3.63) is 35.6 Å². The minimum absolute atomic E-state index is 0.188. The van der Waals surface area contributed by atoms with Crippen LogP contribution in [0.4, 0.5) is 4.39 Å². The predicted molar refractivity (Wildman–Crippen MR) is 82.7 cm³/mol. The third-order valence-corrected chi connectivity index (χ3v) is 5.23. The number of aliphatic hydroxyl groups is 1. The van der Waals surface area contributed by atoms with Gasteiger partial charge in [0, 0.05) is 25.0 Å². The van der Waals surface area contributed by atoms with E-state index in [0.29, 0.717) is 0 Å². The molecule has 1 aromatic rings. The number of hydrogen-bond acceptors (Lipinski definition) is 2. The molecule has 0 amide bonds. The molecule has 21 heavy (non-hydrogen) atoms. The minimum atomic E-state index is -0.213. The quantitative estimate of drug-likeness (QED) is 0.923. The maximum Gasteiger partial charge on any atom is 0.123 e. The molecule has 1 saturated carbocycles. The lowest BCUT2D eigenvalue weighted by molar-refractivity contribution is 0.00296. The molecule has 3 rings (SSSR count). The van der Waals surface area contributed by atoms with Crippen LogP contribution in [0.25, 0.3) is 0 Å². The van der Waals surface area contributed by atoms with Gasteiger partial charge in [0.2, 0.25) is 0 Å². The summed E-state index contributed by atoms with van der Waals surface area (Å²) in [6, 6.07) is 7.46. The fraction of sp³-hybridized carbons (Fsp3) is 0.667. The molecule has 0 spiro atoms. The molecular formula is C18H26FNO. The molecule has 2 nitrogen and oxygen atoms in total. The molecule has 0 radical (unpaired) electrons. The Labute approximate surface area is 127 Å². The van der Waals surface area contributed by atoms with Gasteiger partial charge in [-0.15, -0.1) is 0 Å². The number of nitrogens with zero attached hydrogens (tertiary/aromatic N) is 1. The Morgan fingerprint density at radius 3 is 2.48 bits per heavy atom. The summed E-state index contributed by atoms with van der Waals surface area (Å²) < 4.78 is 13.0. The molecule has 1 heterocycles. The van der Waals surface area contributed by atoms with Crippen LogP contribution in [0.5, 0.6) is 0 Å². The van der Waals surface area contributed by atoms with E-state index in [-0.39, 0.29) is 17.8 Å². The average molecular weight is 291 g/mol. The molecule has 3 heteroatoms. The van der Waals surface area contributed by atoms with Crippen LogP contribution in [0.2, 0.25) is 0 Å². The maximum atomic E-state index is 13.0. The Kier molecular flexibility index (Phi) is 4.91. The van der Waals surface area contributed by atoms with Gasteiger partial charge in [0.05, 0.1) is 6.10 Å². The molecule has 0 unspecified atom stereocenters. The smallest absolute Gasteiger partial charge is 0.123 e. The van der Waals surface area contributed by atoms with Crippen molar-refractivity contribution in [2.24, 2.45) is 5.92 Å². The first-order valence-electron chi connectivity index (χ1n) is 8.39. The largest absolute Gasteiger partial charge is 0.393 e. The molecule has 0 aromatic heterocycles. The van der Waals surface area contributed by atoms with Crippen LogP contribution in [0.15, 0.2) is 24.3 Å². The van der Waals surface area contributed by atoms with Gasteiger partial charge in [-0.05, 0) is 43.4 Å². The number of halogens is 1. The van der Waals surface area contributed by atoms with Gasteiger partial charge in [-0.1, -0.05) is 31.4 Å². The number of aliphatic hydroxyl groups excluding tert-OH is 1. The zero-order valence-corrected chi connectivity index (χ0v) is 12.7. The van der Waals surface area contributed by atoms with Gasteiger partial charge in [-0.3, -0.25) is 4.90 Å². The highest BCUT2D eigenvalue weighted by Crippen LogP contribution is 2.28. The summed E-state index contributed by atoms with van der Waals surface area (Å²) in [5, 5.41) is 10.3. The van der Waals surface area contributed by atoms with E-state index < -0.39 is 0 Å². The van der Waals surface area contributed by atoms with Crippen molar-refractivity contribution < 1.29 is 9.50 Å². The van der Waals surface area contributed by atoms with Crippen molar-refractivity contribution in [1.82, 2.24) is 4.90 Å². The monoisotopic (exact) mass is 291 g/mol. The summed E-state index contributed by atoms with van der Waals surface area (Å²) in [7, 11) is 0. The van der Waals surface area contributed by atoms with Crippen LogP contribution in [-0.2, 0) is 6.42 Å². The summed E-state index contributed by atoms with van der Waals surface area (Å²) in [4.78, 5) is 2.60. The summed E-state index contributed by atoms with van der Waals surface area (Å²) in [6.45, 7) is 2.02. The predicted octanol–water partition coefficient (Wildman–Crippen LogP) is 3.38. The Hall–Kier alpha value is -0.930. The lowest BCUT2D eigenvalue weighted by atomic mass is 9.86. The van der Waals surface area contributed by atoms with E-state index in [4.69, 9.17) is 0 Å². The Morgan fingerprint density at radius 2 is 1.76 bits per heavy atom. The van der Waals surface area contributed by atoms with Crippen molar-refractivity contribution in [3.63, 3.8) is 0 Å². The molecule has 1 aliphatic carbocycles. The Morgan fingerprint density at radius 1 is 1.05 bits per heavy atom. The fourth-order valence-corrected chi connectivity index (χ4v) is 3.95. The molecule has 2 aliphatic rings. The number of likely N-dealkylation sites (tertiary alicyclic amines) is 1. The van der Waals surface area contributed by atoms with Crippen molar-refractivity contribution in [2.45, 2.75) is 57.1 Å². The van der Waals surface area contributed by atoms with Crippen molar-refractivity contribution >= 4 is 0 Å². The van der Waals surface area contributed by atoms with Gasteiger partial charge in [0.25, 0.3) is 0 Å². The van der Waals surface area contributed by atoms with Gasteiger partial charge in [-0.25, -0.2) is 4.39 Å². The Bertz CT molecular complexity index is 441. The van der Waals surface area contributed by atoms with Crippen LogP contribution in [0.3, 0.4) is 0 Å². The van der Waals surface area contributed by atoms with E-state index in [1.165, 1.54) is 44.2 Å². The van der Waals surface area contributed by atoms with E-state index in [1.807, 2.05) is 12.1 Å². The first-order chi connectivity index (χ1) is 10.2. The molecule has 116 valence electrons. The highest BCUT2D eigenvalue weighted by Gasteiger charge is 2.31. The SMILES string of the molecule is O[C@H]1CCN(C2CCCCC2)C[C@H]1Cc1ccc(F)cc1. The topological polar surface area (TPSA) is 23.5 Å². The second-order valence-electron chi connectivity index (χ2n) is 6.73. The summed E-state index contributed by atoms with van der Waals surface area (Å²) in [6.07, 6.45) is 8.24. The van der Waals surface area contributed by atoms with Gasteiger partial charge in [-0.2, -0.15) is 0 Å². The number of rotatable bonds is 3.